The molecule has 1 amide bonds. The van der Waals surface area contributed by atoms with Crippen LogP contribution in [0.2, 0.25) is 0 Å². The average molecular weight is 453 g/mol. The smallest absolute Gasteiger partial charge is 0.349 e. The van der Waals surface area contributed by atoms with Crippen LogP contribution in [0.1, 0.15) is 15.9 Å². The number of hydrogen-bond donors (Lipinski definition) is 0. The lowest BCUT2D eigenvalue weighted by Gasteiger charge is -2.18. The first-order valence-corrected chi connectivity index (χ1v) is 10.2. The number of fused-ring (bicyclic) bond motifs is 1. The molecule has 2 aliphatic heterocycles. The second kappa shape index (κ2) is 8.37. The van der Waals surface area contributed by atoms with Crippen molar-refractivity contribution in [1.29, 1.82) is 0 Å². The van der Waals surface area contributed by atoms with Crippen molar-refractivity contribution in [2.45, 2.75) is 0 Å². The minimum Gasteiger partial charge on any atom is -0.493 e. The van der Waals surface area contributed by atoms with Crippen LogP contribution in [0.3, 0.4) is 0 Å². The summed E-state index contributed by atoms with van der Waals surface area (Å²) in [6.07, 6.45) is 2.80. The van der Waals surface area contributed by atoms with Gasteiger partial charge in [-0.3, -0.25) is 14.5 Å². The molecule has 7 nitrogen and oxygen atoms in total. The van der Waals surface area contributed by atoms with Gasteiger partial charge in [0.15, 0.2) is 15.8 Å². The predicted molar refractivity (Wildman–Crippen MR) is 119 cm³/mol. The van der Waals surface area contributed by atoms with Gasteiger partial charge in [0.1, 0.15) is 11.3 Å². The Bertz CT molecular complexity index is 1200. The third kappa shape index (κ3) is 3.85. The summed E-state index contributed by atoms with van der Waals surface area (Å²) in [7, 11) is 3.05. The van der Waals surface area contributed by atoms with Crippen molar-refractivity contribution < 1.29 is 28.6 Å². The van der Waals surface area contributed by atoms with Crippen molar-refractivity contribution >= 4 is 52.0 Å². The monoisotopic (exact) mass is 453 g/mol. The number of thioether (sulfide) groups is 1. The molecule has 0 radical (unpaired) electrons. The molecule has 0 unspecified atom stereocenters. The summed E-state index contributed by atoms with van der Waals surface area (Å²) in [4.78, 5) is 39.4. The fourth-order valence-corrected chi connectivity index (χ4v) is 4.27. The Hall–Kier alpha value is -3.43. The highest BCUT2D eigenvalue weighted by atomic mass is 32.2. The Morgan fingerprint density at radius 2 is 1.77 bits per heavy atom. The van der Waals surface area contributed by atoms with Crippen LogP contribution >= 0.6 is 24.0 Å². The number of rotatable bonds is 4. The van der Waals surface area contributed by atoms with Crippen LogP contribution in [-0.2, 0) is 9.59 Å². The molecule has 1 fully saturated rings. The molecule has 0 atom stereocenters. The number of para-hydroxylation sites is 1. The van der Waals surface area contributed by atoms with Gasteiger partial charge < -0.3 is 14.2 Å². The highest BCUT2D eigenvalue weighted by Crippen LogP contribution is 2.36. The Morgan fingerprint density at radius 3 is 2.52 bits per heavy atom. The number of ether oxygens (including phenoxy) is 3. The molecule has 1 saturated heterocycles. The summed E-state index contributed by atoms with van der Waals surface area (Å²) in [6.45, 7) is 0. The van der Waals surface area contributed by atoms with Gasteiger partial charge in [-0.15, -0.1) is 0 Å². The SMILES string of the molecule is COc1ccc(C=C2SC(=S)N(C=C3C(=O)Oc4ccccc4C3=O)C2=O)cc1OC. The molecule has 156 valence electrons. The Labute approximate surface area is 187 Å². The predicted octanol–water partition coefficient (Wildman–Crippen LogP) is 3.59. The van der Waals surface area contributed by atoms with E-state index in [-0.39, 0.29) is 21.2 Å². The first-order valence-electron chi connectivity index (χ1n) is 8.99. The summed E-state index contributed by atoms with van der Waals surface area (Å²) in [5.41, 5.74) is 0.690. The normalized spacial score (nSPS) is 18.5. The maximum absolute atomic E-state index is 12.9. The molecular formula is C22H15NO6S2. The zero-order valence-corrected chi connectivity index (χ0v) is 18.0. The minimum absolute atomic E-state index is 0.188. The van der Waals surface area contributed by atoms with Crippen molar-refractivity contribution in [3.63, 3.8) is 0 Å². The molecule has 31 heavy (non-hydrogen) atoms. The van der Waals surface area contributed by atoms with Crippen LogP contribution in [0.25, 0.3) is 6.08 Å². The largest absolute Gasteiger partial charge is 0.493 e. The van der Waals surface area contributed by atoms with Crippen molar-refractivity contribution in [3.8, 4) is 17.2 Å². The van der Waals surface area contributed by atoms with Gasteiger partial charge in [-0.05, 0) is 35.9 Å². The van der Waals surface area contributed by atoms with Gasteiger partial charge in [-0.25, -0.2) is 4.79 Å². The van der Waals surface area contributed by atoms with Crippen LogP contribution in [-0.4, -0.2) is 41.1 Å². The van der Waals surface area contributed by atoms with Gasteiger partial charge >= 0.3 is 5.97 Å². The number of carbonyl (C=O) groups excluding carboxylic acids is 3. The van der Waals surface area contributed by atoms with Crippen LogP contribution in [0, 0.1) is 0 Å². The standard InChI is InChI=1S/C22H15NO6S2/c1-27-16-8-7-12(9-17(16)28-2)10-18-20(25)23(22(30)31-18)11-14-19(24)13-5-3-4-6-15(13)29-21(14)26/h3-11H,1-2H3. The number of thiocarbonyl (C=S) groups is 1. The van der Waals surface area contributed by atoms with E-state index in [2.05, 4.69) is 0 Å². The molecule has 2 aromatic carbocycles. The molecule has 2 heterocycles. The number of amides is 1. The Morgan fingerprint density at radius 1 is 1.03 bits per heavy atom. The first-order chi connectivity index (χ1) is 14.9. The zero-order valence-electron chi connectivity index (χ0n) is 16.4. The molecule has 0 N–H and O–H groups in total. The fraction of sp³-hybridized carbons (Fsp3) is 0.0909. The molecule has 2 aliphatic rings. The van der Waals surface area contributed by atoms with E-state index in [1.807, 2.05) is 0 Å². The topological polar surface area (TPSA) is 82.1 Å². The van der Waals surface area contributed by atoms with Crippen molar-refractivity contribution in [1.82, 2.24) is 4.90 Å². The van der Waals surface area contributed by atoms with Gasteiger partial charge in [0.05, 0.1) is 24.7 Å². The number of methoxy groups -OCH3 is 2. The van der Waals surface area contributed by atoms with Gasteiger partial charge in [0.25, 0.3) is 5.91 Å². The summed E-state index contributed by atoms with van der Waals surface area (Å²) in [5.74, 6) is -0.536. The fourth-order valence-electron chi connectivity index (χ4n) is 3.06. The van der Waals surface area contributed by atoms with E-state index in [0.717, 1.165) is 22.9 Å². The maximum atomic E-state index is 12.9. The van der Waals surface area contributed by atoms with Gasteiger partial charge in [0, 0.05) is 6.20 Å². The lowest BCUT2D eigenvalue weighted by atomic mass is 10.0. The maximum Gasteiger partial charge on any atom is 0.349 e. The van der Waals surface area contributed by atoms with E-state index < -0.39 is 17.7 Å². The Kier molecular flexibility index (Phi) is 5.62. The van der Waals surface area contributed by atoms with Gasteiger partial charge in [-0.1, -0.05) is 42.2 Å². The number of hydrogen-bond acceptors (Lipinski definition) is 8. The van der Waals surface area contributed by atoms with Crippen LogP contribution in [0.5, 0.6) is 17.2 Å². The van der Waals surface area contributed by atoms with Crippen LogP contribution in [0.4, 0.5) is 0 Å². The van der Waals surface area contributed by atoms with Crippen molar-refractivity contribution in [2.75, 3.05) is 14.2 Å². The number of esters is 1. The second-order valence-electron chi connectivity index (χ2n) is 6.42. The molecule has 9 heteroatoms. The minimum atomic E-state index is -0.832. The summed E-state index contributed by atoms with van der Waals surface area (Å²) < 4.78 is 15.9. The van der Waals surface area contributed by atoms with Crippen LogP contribution < -0.4 is 14.2 Å². The third-order valence-corrected chi connectivity index (χ3v) is 5.92. The van der Waals surface area contributed by atoms with Crippen LogP contribution in [0.15, 0.2) is 59.1 Å². The van der Waals surface area contributed by atoms with E-state index in [1.165, 1.54) is 20.3 Å². The highest BCUT2D eigenvalue weighted by Gasteiger charge is 2.36. The molecular weight excluding hydrogens is 438 g/mol. The first kappa shape index (κ1) is 20.8. The molecule has 4 rings (SSSR count). The summed E-state index contributed by atoms with van der Waals surface area (Å²) >= 11 is 6.36. The van der Waals surface area contributed by atoms with E-state index >= 15 is 0 Å². The number of benzene rings is 2. The van der Waals surface area contributed by atoms with Crippen molar-refractivity contribution in [2.24, 2.45) is 0 Å². The van der Waals surface area contributed by atoms with Crippen molar-refractivity contribution in [3.05, 3.63) is 70.3 Å². The number of Topliss-reactive ketones (excluding diaryl/α,β-unsaturated/α-hetero) is 1. The molecule has 0 aromatic heterocycles. The summed E-state index contributed by atoms with van der Waals surface area (Å²) in [6, 6.07) is 11.6. The molecule has 0 saturated carbocycles. The average Bonchev–Trinajstić information content (AvgIpc) is 3.03. The lowest BCUT2D eigenvalue weighted by Crippen LogP contribution is -2.30. The van der Waals surface area contributed by atoms with E-state index in [4.69, 9.17) is 26.4 Å². The van der Waals surface area contributed by atoms with E-state index in [0.29, 0.717) is 22.0 Å². The molecule has 0 aliphatic carbocycles. The quantitative estimate of drug-likeness (QED) is 0.228. The number of ketones is 1. The van der Waals surface area contributed by atoms with E-state index in [9.17, 15) is 14.4 Å². The number of nitrogens with zero attached hydrogens (tertiary/aromatic N) is 1. The summed E-state index contributed by atoms with van der Waals surface area (Å²) in [5, 5.41) is 0. The highest BCUT2D eigenvalue weighted by molar-refractivity contribution is 8.26. The second-order valence-corrected chi connectivity index (χ2v) is 8.10. The lowest BCUT2D eigenvalue weighted by molar-refractivity contribution is -0.130. The number of carbonyl (C=O) groups is 3. The third-order valence-electron chi connectivity index (χ3n) is 4.59. The molecule has 0 spiro atoms. The van der Waals surface area contributed by atoms with E-state index in [1.54, 1.807) is 42.5 Å². The van der Waals surface area contributed by atoms with Gasteiger partial charge in [-0.2, -0.15) is 0 Å². The molecule has 0 bridgehead atoms. The zero-order chi connectivity index (χ0) is 22.1. The Balaban J connectivity index is 1.64. The molecule has 2 aromatic rings. The van der Waals surface area contributed by atoms with Gasteiger partial charge in [0.2, 0.25) is 5.78 Å².